The van der Waals surface area contributed by atoms with Gasteiger partial charge in [-0.2, -0.15) is 4.98 Å². The molecule has 0 amide bonds. The second-order valence-corrected chi connectivity index (χ2v) is 4.56. The fourth-order valence-electron chi connectivity index (χ4n) is 1.78. The van der Waals surface area contributed by atoms with Crippen LogP contribution in [0.2, 0.25) is 0 Å². The van der Waals surface area contributed by atoms with Crippen molar-refractivity contribution in [2.75, 3.05) is 13.6 Å². The second-order valence-electron chi connectivity index (χ2n) is 4.56. The average molecular weight is 265 g/mol. The van der Waals surface area contributed by atoms with Crippen LogP contribution >= 0.6 is 0 Å². The smallest absolute Gasteiger partial charge is 0.241 e. The molecular weight excluding hydrogens is 249 g/mol. The van der Waals surface area contributed by atoms with E-state index in [2.05, 4.69) is 10.1 Å². The van der Waals surface area contributed by atoms with E-state index in [1.54, 1.807) is 19.1 Å². The van der Waals surface area contributed by atoms with Crippen molar-refractivity contribution >= 4 is 0 Å². The Morgan fingerprint density at radius 2 is 2.05 bits per heavy atom. The van der Waals surface area contributed by atoms with Crippen molar-refractivity contribution < 1.29 is 14.0 Å². The molecule has 1 heterocycles. The fraction of sp³-hybridized carbons (Fsp3) is 0.385. The molecule has 2 aromatic rings. The third-order valence-corrected chi connectivity index (χ3v) is 2.55. The first-order chi connectivity index (χ1) is 9.04. The molecule has 1 N–H and O–H groups in total. The molecule has 0 saturated heterocycles. The number of likely N-dealkylation sites (N-methyl/N-ethyl adjacent to an activating group) is 1. The summed E-state index contributed by atoms with van der Waals surface area (Å²) < 4.78 is 17.9. The van der Waals surface area contributed by atoms with Crippen molar-refractivity contribution in [3.63, 3.8) is 0 Å². The van der Waals surface area contributed by atoms with Gasteiger partial charge in [-0.05, 0) is 38.2 Å². The first kappa shape index (κ1) is 13.6. The van der Waals surface area contributed by atoms with Crippen molar-refractivity contribution in [1.29, 1.82) is 0 Å². The predicted molar refractivity (Wildman–Crippen MR) is 67.7 cm³/mol. The maximum absolute atomic E-state index is 12.8. The Morgan fingerprint density at radius 3 is 2.68 bits per heavy atom. The van der Waals surface area contributed by atoms with Crippen LogP contribution in [-0.2, 0) is 6.54 Å². The molecule has 0 bridgehead atoms. The van der Waals surface area contributed by atoms with Gasteiger partial charge in [0.15, 0.2) is 0 Å². The molecule has 1 atom stereocenters. The zero-order chi connectivity index (χ0) is 13.8. The van der Waals surface area contributed by atoms with Gasteiger partial charge in [0.25, 0.3) is 0 Å². The predicted octanol–water partition coefficient (Wildman–Crippen LogP) is 1.69. The summed E-state index contributed by atoms with van der Waals surface area (Å²) in [6.45, 7) is 2.70. The minimum atomic E-state index is -0.413. The van der Waals surface area contributed by atoms with Gasteiger partial charge in [0, 0.05) is 12.1 Å². The molecule has 1 aromatic carbocycles. The molecule has 1 unspecified atom stereocenters. The topological polar surface area (TPSA) is 62.4 Å². The minimum Gasteiger partial charge on any atom is -0.392 e. The lowest BCUT2D eigenvalue weighted by Gasteiger charge is -2.15. The van der Waals surface area contributed by atoms with Crippen molar-refractivity contribution in [2.24, 2.45) is 0 Å². The van der Waals surface area contributed by atoms with Gasteiger partial charge in [0.05, 0.1) is 12.6 Å². The van der Waals surface area contributed by atoms with Gasteiger partial charge in [-0.3, -0.25) is 4.90 Å². The van der Waals surface area contributed by atoms with Crippen LogP contribution in [0.1, 0.15) is 12.8 Å². The number of hydrogen-bond acceptors (Lipinski definition) is 5. The van der Waals surface area contributed by atoms with E-state index in [4.69, 9.17) is 4.52 Å². The van der Waals surface area contributed by atoms with Gasteiger partial charge < -0.3 is 9.63 Å². The summed E-state index contributed by atoms with van der Waals surface area (Å²) in [7, 11) is 1.86. The van der Waals surface area contributed by atoms with Crippen molar-refractivity contribution in [3.8, 4) is 11.4 Å². The summed E-state index contributed by atoms with van der Waals surface area (Å²) >= 11 is 0. The minimum absolute atomic E-state index is 0.302. The van der Waals surface area contributed by atoms with E-state index in [0.29, 0.717) is 30.4 Å². The van der Waals surface area contributed by atoms with Crippen molar-refractivity contribution in [3.05, 3.63) is 36.0 Å². The maximum Gasteiger partial charge on any atom is 0.241 e. The zero-order valence-corrected chi connectivity index (χ0v) is 10.9. The summed E-state index contributed by atoms with van der Waals surface area (Å²) in [6.07, 6.45) is -0.413. The van der Waals surface area contributed by atoms with Crippen LogP contribution in [0.5, 0.6) is 0 Å². The van der Waals surface area contributed by atoms with E-state index in [9.17, 15) is 9.50 Å². The highest BCUT2D eigenvalue weighted by molar-refractivity contribution is 5.53. The van der Waals surface area contributed by atoms with Gasteiger partial charge in [-0.1, -0.05) is 5.16 Å². The Bertz CT molecular complexity index is 525. The van der Waals surface area contributed by atoms with E-state index in [1.807, 2.05) is 11.9 Å². The molecule has 6 heteroatoms. The zero-order valence-electron chi connectivity index (χ0n) is 10.9. The first-order valence-corrected chi connectivity index (χ1v) is 5.99. The van der Waals surface area contributed by atoms with E-state index < -0.39 is 6.10 Å². The number of hydrogen-bond donors (Lipinski definition) is 1. The quantitative estimate of drug-likeness (QED) is 0.891. The number of aromatic nitrogens is 2. The third kappa shape index (κ3) is 3.84. The van der Waals surface area contributed by atoms with E-state index >= 15 is 0 Å². The van der Waals surface area contributed by atoms with Crippen LogP contribution in [0.25, 0.3) is 11.4 Å². The molecule has 0 spiro atoms. The molecule has 1 aromatic heterocycles. The van der Waals surface area contributed by atoms with Gasteiger partial charge >= 0.3 is 0 Å². The normalized spacial score (nSPS) is 12.9. The van der Waals surface area contributed by atoms with E-state index in [-0.39, 0.29) is 5.82 Å². The number of benzene rings is 1. The summed E-state index contributed by atoms with van der Waals surface area (Å²) in [6, 6.07) is 5.91. The van der Waals surface area contributed by atoms with Crippen LogP contribution in [-0.4, -0.2) is 39.8 Å². The highest BCUT2D eigenvalue weighted by Gasteiger charge is 2.11. The molecule has 19 heavy (non-hydrogen) atoms. The second kappa shape index (κ2) is 5.90. The monoisotopic (exact) mass is 265 g/mol. The average Bonchev–Trinajstić information content (AvgIpc) is 2.77. The molecule has 0 fully saturated rings. The number of aliphatic hydroxyl groups is 1. The number of rotatable bonds is 5. The molecule has 0 radical (unpaired) electrons. The summed E-state index contributed by atoms with van der Waals surface area (Å²) in [5.41, 5.74) is 0.703. The highest BCUT2D eigenvalue weighted by atomic mass is 19.1. The first-order valence-electron chi connectivity index (χ1n) is 5.99. The Balaban J connectivity index is 2.04. The lowest BCUT2D eigenvalue weighted by atomic mass is 10.2. The molecule has 0 aliphatic carbocycles. The summed E-state index contributed by atoms with van der Waals surface area (Å²) in [5, 5.41) is 13.1. The highest BCUT2D eigenvalue weighted by Crippen LogP contribution is 2.16. The van der Waals surface area contributed by atoms with Crippen LogP contribution in [0.4, 0.5) is 4.39 Å². The molecule has 5 nitrogen and oxygen atoms in total. The standard InChI is InChI=1S/C13H16FN3O2/c1-9(18)7-17(2)8-12-15-13(16-19-12)10-3-5-11(14)6-4-10/h3-6,9,18H,7-8H2,1-2H3. The molecule has 0 aliphatic heterocycles. The Morgan fingerprint density at radius 1 is 1.37 bits per heavy atom. The van der Waals surface area contributed by atoms with Crippen molar-refractivity contribution in [1.82, 2.24) is 15.0 Å². The summed E-state index contributed by atoms with van der Waals surface area (Å²) in [5.74, 6) is 0.590. The number of halogens is 1. The van der Waals surface area contributed by atoms with Crippen molar-refractivity contribution in [2.45, 2.75) is 19.6 Å². The van der Waals surface area contributed by atoms with Gasteiger partial charge in [-0.25, -0.2) is 4.39 Å². The fourth-order valence-corrected chi connectivity index (χ4v) is 1.78. The molecule has 102 valence electrons. The SMILES string of the molecule is CC(O)CN(C)Cc1nc(-c2ccc(F)cc2)no1. The maximum atomic E-state index is 12.8. The molecule has 2 rings (SSSR count). The molecular formula is C13H16FN3O2. The summed E-state index contributed by atoms with van der Waals surface area (Å²) in [4.78, 5) is 6.12. The van der Waals surface area contributed by atoms with Crippen LogP contribution in [0, 0.1) is 5.82 Å². The molecule has 0 aliphatic rings. The van der Waals surface area contributed by atoms with Crippen LogP contribution in [0.3, 0.4) is 0 Å². The van der Waals surface area contributed by atoms with E-state index in [0.717, 1.165) is 0 Å². The number of aliphatic hydroxyl groups excluding tert-OH is 1. The number of nitrogens with zero attached hydrogens (tertiary/aromatic N) is 3. The Hall–Kier alpha value is -1.79. The Kier molecular flexibility index (Phi) is 4.24. The van der Waals surface area contributed by atoms with Crippen LogP contribution < -0.4 is 0 Å². The lowest BCUT2D eigenvalue weighted by molar-refractivity contribution is 0.131. The van der Waals surface area contributed by atoms with Gasteiger partial charge in [0.1, 0.15) is 5.82 Å². The Labute approximate surface area is 110 Å². The van der Waals surface area contributed by atoms with E-state index in [1.165, 1.54) is 12.1 Å². The van der Waals surface area contributed by atoms with Gasteiger partial charge in [-0.15, -0.1) is 0 Å². The molecule has 0 saturated carbocycles. The lowest BCUT2D eigenvalue weighted by Crippen LogP contribution is -2.26. The van der Waals surface area contributed by atoms with Gasteiger partial charge in [0.2, 0.25) is 11.7 Å². The third-order valence-electron chi connectivity index (χ3n) is 2.55. The van der Waals surface area contributed by atoms with Crippen LogP contribution in [0.15, 0.2) is 28.8 Å². The largest absolute Gasteiger partial charge is 0.392 e.